The average Bonchev–Trinajstić information content (AvgIpc) is 3.14. The lowest BCUT2D eigenvalue weighted by Crippen LogP contribution is -2.49. The molecule has 0 unspecified atom stereocenters. The first-order valence-electron chi connectivity index (χ1n) is 11.8. The van der Waals surface area contributed by atoms with Crippen LogP contribution in [0.2, 0.25) is 0 Å². The van der Waals surface area contributed by atoms with Crippen molar-refractivity contribution in [3.05, 3.63) is 42.2 Å². The standard InChI is InChI=1S/C25H30N4O3/c1-17-11-19(20-14-26-16-27-15-20)12-22(28-17)18-5-9-29(10-6-18)24(31)21-13-23(30)32-25(21)7-3-2-4-8-25/h11-12,14-16,18,21H,2-10,13H2,1H3/t21-/m1/s1. The van der Waals surface area contributed by atoms with Crippen molar-refractivity contribution in [2.75, 3.05) is 13.1 Å². The lowest BCUT2D eigenvalue weighted by atomic mass is 9.75. The second kappa shape index (κ2) is 8.60. The van der Waals surface area contributed by atoms with Crippen molar-refractivity contribution in [2.45, 2.75) is 69.8 Å². The summed E-state index contributed by atoms with van der Waals surface area (Å²) in [7, 11) is 0. The van der Waals surface area contributed by atoms with Gasteiger partial charge in [-0.3, -0.25) is 14.6 Å². The third-order valence-electron chi connectivity index (χ3n) is 7.41. The lowest BCUT2D eigenvalue weighted by molar-refractivity contribution is -0.156. The first-order valence-corrected chi connectivity index (χ1v) is 11.8. The minimum Gasteiger partial charge on any atom is -0.458 e. The van der Waals surface area contributed by atoms with Crippen molar-refractivity contribution in [1.29, 1.82) is 0 Å². The molecule has 5 rings (SSSR count). The number of pyridine rings is 1. The molecular formula is C25H30N4O3. The highest BCUT2D eigenvalue weighted by Crippen LogP contribution is 2.45. The SMILES string of the molecule is Cc1cc(-c2cncnc2)cc(C2CCN(C(=O)[C@H]3CC(=O)OC34CCCCC4)CC2)n1. The first kappa shape index (κ1) is 21.0. The fourth-order valence-corrected chi connectivity index (χ4v) is 5.74. The van der Waals surface area contributed by atoms with Crippen LogP contribution in [0.4, 0.5) is 0 Å². The van der Waals surface area contributed by atoms with E-state index in [9.17, 15) is 9.59 Å². The van der Waals surface area contributed by atoms with Crippen molar-refractivity contribution >= 4 is 11.9 Å². The normalized spacial score (nSPS) is 23.3. The zero-order valence-electron chi connectivity index (χ0n) is 18.6. The van der Waals surface area contributed by atoms with Gasteiger partial charge in [-0.1, -0.05) is 6.42 Å². The number of likely N-dealkylation sites (tertiary alicyclic amines) is 1. The molecule has 0 aromatic carbocycles. The van der Waals surface area contributed by atoms with E-state index in [0.717, 1.165) is 67.5 Å². The van der Waals surface area contributed by atoms with Gasteiger partial charge in [0.2, 0.25) is 5.91 Å². The van der Waals surface area contributed by atoms with Gasteiger partial charge in [-0.05, 0) is 63.1 Å². The van der Waals surface area contributed by atoms with Crippen molar-refractivity contribution in [1.82, 2.24) is 19.9 Å². The minimum absolute atomic E-state index is 0.107. The predicted molar refractivity (Wildman–Crippen MR) is 119 cm³/mol. The van der Waals surface area contributed by atoms with Crippen molar-refractivity contribution < 1.29 is 14.3 Å². The quantitative estimate of drug-likeness (QED) is 0.683. The molecule has 1 saturated carbocycles. The topological polar surface area (TPSA) is 85.3 Å². The summed E-state index contributed by atoms with van der Waals surface area (Å²) in [6.45, 7) is 3.41. The highest BCUT2D eigenvalue weighted by molar-refractivity contribution is 5.88. The van der Waals surface area contributed by atoms with E-state index in [1.165, 1.54) is 6.33 Å². The Labute approximate surface area is 188 Å². The molecule has 0 radical (unpaired) electrons. The molecule has 1 atom stereocenters. The van der Waals surface area contributed by atoms with Gasteiger partial charge in [0.05, 0.1) is 12.3 Å². The number of carbonyl (C=O) groups excluding carboxylic acids is 2. The summed E-state index contributed by atoms with van der Waals surface area (Å²) in [5.74, 6) is -0.0990. The summed E-state index contributed by atoms with van der Waals surface area (Å²) in [5.41, 5.74) is 3.55. The van der Waals surface area contributed by atoms with Crippen molar-refractivity contribution in [2.24, 2.45) is 5.92 Å². The van der Waals surface area contributed by atoms with E-state index in [4.69, 9.17) is 9.72 Å². The number of esters is 1. The molecule has 1 spiro atoms. The molecule has 3 fully saturated rings. The van der Waals surface area contributed by atoms with Crippen LogP contribution >= 0.6 is 0 Å². The Bertz CT molecular complexity index is 996. The maximum atomic E-state index is 13.4. The van der Waals surface area contributed by atoms with Gasteiger partial charge >= 0.3 is 5.97 Å². The zero-order chi connectivity index (χ0) is 22.1. The Kier molecular flexibility index (Phi) is 5.66. The Morgan fingerprint density at radius 3 is 2.50 bits per heavy atom. The van der Waals surface area contributed by atoms with Gasteiger partial charge in [0.1, 0.15) is 11.9 Å². The number of hydrogen-bond donors (Lipinski definition) is 0. The number of ether oxygens (including phenoxy) is 1. The van der Waals surface area contributed by atoms with Crippen LogP contribution in [-0.4, -0.2) is 50.4 Å². The smallest absolute Gasteiger partial charge is 0.307 e. The van der Waals surface area contributed by atoms with Gasteiger partial charge in [-0.2, -0.15) is 0 Å². The van der Waals surface area contributed by atoms with E-state index in [1.54, 1.807) is 0 Å². The number of piperidine rings is 1. The molecule has 1 aliphatic carbocycles. The number of carbonyl (C=O) groups is 2. The monoisotopic (exact) mass is 434 g/mol. The molecule has 7 nitrogen and oxygen atoms in total. The van der Waals surface area contributed by atoms with Crippen LogP contribution in [-0.2, 0) is 14.3 Å². The molecule has 2 saturated heterocycles. The average molecular weight is 435 g/mol. The number of rotatable bonds is 3. The molecule has 0 bridgehead atoms. The van der Waals surface area contributed by atoms with E-state index < -0.39 is 5.60 Å². The molecule has 2 aliphatic heterocycles. The lowest BCUT2D eigenvalue weighted by Gasteiger charge is -2.40. The van der Waals surface area contributed by atoms with Gasteiger partial charge in [0.15, 0.2) is 0 Å². The number of aromatic nitrogens is 3. The van der Waals surface area contributed by atoms with Gasteiger partial charge in [0, 0.05) is 48.4 Å². The Balaban J connectivity index is 1.28. The summed E-state index contributed by atoms with van der Waals surface area (Å²) in [5, 5.41) is 0. The number of nitrogens with zero attached hydrogens (tertiary/aromatic N) is 4. The van der Waals surface area contributed by atoms with E-state index in [1.807, 2.05) is 24.2 Å². The van der Waals surface area contributed by atoms with E-state index >= 15 is 0 Å². The van der Waals surface area contributed by atoms with E-state index in [2.05, 4.69) is 22.1 Å². The van der Waals surface area contributed by atoms with Crippen LogP contribution < -0.4 is 0 Å². The maximum Gasteiger partial charge on any atom is 0.307 e. The van der Waals surface area contributed by atoms with Crippen LogP contribution in [0, 0.1) is 12.8 Å². The van der Waals surface area contributed by atoms with Gasteiger partial charge in [0.25, 0.3) is 0 Å². The molecule has 32 heavy (non-hydrogen) atoms. The highest BCUT2D eigenvalue weighted by Gasteiger charge is 2.53. The van der Waals surface area contributed by atoms with Crippen LogP contribution in [0.25, 0.3) is 11.1 Å². The molecule has 7 heteroatoms. The van der Waals surface area contributed by atoms with Crippen LogP contribution in [0.5, 0.6) is 0 Å². The Hall–Kier alpha value is -2.83. The summed E-state index contributed by atoms with van der Waals surface area (Å²) < 4.78 is 5.77. The van der Waals surface area contributed by atoms with E-state index in [0.29, 0.717) is 19.0 Å². The summed E-state index contributed by atoms with van der Waals surface area (Å²) >= 11 is 0. The summed E-state index contributed by atoms with van der Waals surface area (Å²) in [6.07, 6.45) is 12.0. The summed E-state index contributed by atoms with van der Waals surface area (Å²) in [6, 6.07) is 4.19. The second-order valence-electron chi connectivity index (χ2n) is 9.50. The molecule has 0 N–H and O–H groups in total. The van der Waals surface area contributed by atoms with Gasteiger partial charge in [-0.25, -0.2) is 9.97 Å². The zero-order valence-corrected chi connectivity index (χ0v) is 18.6. The minimum atomic E-state index is -0.548. The molecule has 168 valence electrons. The second-order valence-corrected chi connectivity index (χ2v) is 9.50. The van der Waals surface area contributed by atoms with Gasteiger partial charge in [-0.15, -0.1) is 0 Å². The number of amides is 1. The van der Waals surface area contributed by atoms with Crippen LogP contribution in [0.3, 0.4) is 0 Å². The first-order chi connectivity index (χ1) is 15.5. The number of hydrogen-bond acceptors (Lipinski definition) is 6. The van der Waals surface area contributed by atoms with Crippen LogP contribution in [0.15, 0.2) is 30.9 Å². The van der Waals surface area contributed by atoms with Gasteiger partial charge < -0.3 is 9.64 Å². The van der Waals surface area contributed by atoms with Crippen LogP contribution in [0.1, 0.15) is 68.7 Å². The largest absolute Gasteiger partial charge is 0.458 e. The molecule has 4 heterocycles. The Morgan fingerprint density at radius 1 is 1.06 bits per heavy atom. The molecule has 2 aromatic heterocycles. The fourth-order valence-electron chi connectivity index (χ4n) is 5.74. The highest BCUT2D eigenvalue weighted by atomic mass is 16.6. The van der Waals surface area contributed by atoms with Crippen molar-refractivity contribution in [3.8, 4) is 11.1 Å². The molecule has 3 aliphatic rings. The maximum absolute atomic E-state index is 13.4. The summed E-state index contributed by atoms with van der Waals surface area (Å²) in [4.78, 5) is 40.6. The molecule has 1 amide bonds. The van der Waals surface area contributed by atoms with E-state index in [-0.39, 0.29) is 24.2 Å². The Morgan fingerprint density at radius 2 is 1.78 bits per heavy atom. The fraction of sp³-hybridized carbons (Fsp3) is 0.560. The molecule has 2 aromatic rings. The third-order valence-corrected chi connectivity index (χ3v) is 7.41. The number of aryl methyl sites for hydroxylation is 1. The van der Waals surface area contributed by atoms with Crippen molar-refractivity contribution in [3.63, 3.8) is 0 Å². The molecular weight excluding hydrogens is 404 g/mol. The third kappa shape index (κ3) is 4.00. The predicted octanol–water partition coefficient (Wildman–Crippen LogP) is 3.82.